The fourth-order valence-corrected chi connectivity index (χ4v) is 1.78. The van der Waals surface area contributed by atoms with Gasteiger partial charge in [-0.05, 0) is 29.8 Å². The Bertz CT molecular complexity index is 555. The second kappa shape index (κ2) is 5.46. The summed E-state index contributed by atoms with van der Waals surface area (Å²) in [5, 5.41) is 0.894. The molecule has 0 aliphatic heterocycles. The number of hydrogen-bond donors (Lipinski definition) is 1. The fourth-order valence-electron chi connectivity index (χ4n) is 1.46. The van der Waals surface area contributed by atoms with E-state index in [0.717, 1.165) is 5.56 Å². The van der Waals surface area contributed by atoms with Crippen LogP contribution in [0.3, 0.4) is 0 Å². The molecule has 0 fully saturated rings. The number of rotatable bonds is 3. The molecule has 94 valence electrons. The molecule has 0 unspecified atom stereocenters. The van der Waals surface area contributed by atoms with Crippen molar-refractivity contribution in [2.24, 2.45) is 0 Å². The van der Waals surface area contributed by atoms with Crippen LogP contribution in [-0.4, -0.2) is 0 Å². The number of anilines is 1. The largest absolute Gasteiger partial charge is 0.484 e. The molecule has 0 spiro atoms. The highest BCUT2D eigenvalue weighted by Crippen LogP contribution is 2.27. The molecule has 2 aromatic carbocycles. The summed E-state index contributed by atoms with van der Waals surface area (Å²) in [4.78, 5) is 0. The predicted octanol–water partition coefficient (Wildman–Crippen LogP) is 4.29. The molecule has 0 amide bonds. The maximum Gasteiger partial charge on any atom is 0.178 e. The molecule has 0 radical (unpaired) electrons. The Kier molecular flexibility index (Phi) is 3.94. The third-order valence-corrected chi connectivity index (χ3v) is 3.10. The first-order valence-electron chi connectivity index (χ1n) is 5.18. The van der Waals surface area contributed by atoms with Gasteiger partial charge >= 0.3 is 0 Å². The summed E-state index contributed by atoms with van der Waals surface area (Å²) >= 11 is 11.7. The average molecular weight is 286 g/mol. The molecule has 0 aliphatic carbocycles. The third-order valence-electron chi connectivity index (χ3n) is 2.36. The van der Waals surface area contributed by atoms with Crippen LogP contribution in [0.4, 0.5) is 10.1 Å². The van der Waals surface area contributed by atoms with E-state index >= 15 is 0 Å². The van der Waals surface area contributed by atoms with Gasteiger partial charge in [0.15, 0.2) is 11.6 Å². The van der Waals surface area contributed by atoms with Crippen molar-refractivity contribution in [2.45, 2.75) is 6.61 Å². The van der Waals surface area contributed by atoms with Gasteiger partial charge in [-0.3, -0.25) is 0 Å². The van der Waals surface area contributed by atoms with Crippen LogP contribution in [0.2, 0.25) is 10.0 Å². The van der Waals surface area contributed by atoms with E-state index in [1.54, 1.807) is 24.3 Å². The smallest absolute Gasteiger partial charge is 0.178 e. The first-order valence-corrected chi connectivity index (χ1v) is 5.94. The molecule has 2 nitrogen and oxygen atoms in total. The van der Waals surface area contributed by atoms with Gasteiger partial charge in [0.2, 0.25) is 0 Å². The molecule has 0 saturated carbocycles. The van der Waals surface area contributed by atoms with Gasteiger partial charge in [-0.25, -0.2) is 4.39 Å². The van der Waals surface area contributed by atoms with Crippen LogP contribution in [0.25, 0.3) is 0 Å². The summed E-state index contributed by atoms with van der Waals surface area (Å²) in [6.07, 6.45) is 0. The van der Waals surface area contributed by atoms with Crippen molar-refractivity contribution < 1.29 is 9.13 Å². The monoisotopic (exact) mass is 285 g/mol. The van der Waals surface area contributed by atoms with Gasteiger partial charge in [0.05, 0.1) is 15.7 Å². The highest BCUT2D eigenvalue weighted by molar-refractivity contribution is 6.42. The van der Waals surface area contributed by atoms with Gasteiger partial charge in [0.25, 0.3) is 0 Å². The van der Waals surface area contributed by atoms with Crippen LogP contribution in [0, 0.1) is 5.82 Å². The van der Waals surface area contributed by atoms with Gasteiger partial charge in [-0.1, -0.05) is 35.3 Å². The molecule has 2 rings (SSSR count). The van der Waals surface area contributed by atoms with E-state index in [2.05, 4.69) is 0 Å². The van der Waals surface area contributed by atoms with Crippen molar-refractivity contribution >= 4 is 28.9 Å². The molecule has 5 heteroatoms. The van der Waals surface area contributed by atoms with Crippen molar-refractivity contribution in [3.05, 3.63) is 57.8 Å². The van der Waals surface area contributed by atoms with Gasteiger partial charge < -0.3 is 10.5 Å². The second-order valence-corrected chi connectivity index (χ2v) is 4.51. The van der Waals surface area contributed by atoms with Crippen molar-refractivity contribution in [1.82, 2.24) is 0 Å². The first kappa shape index (κ1) is 13.0. The molecule has 0 aliphatic rings. The van der Waals surface area contributed by atoms with E-state index in [-0.39, 0.29) is 18.0 Å². The molecule has 2 aromatic rings. The van der Waals surface area contributed by atoms with E-state index in [1.807, 2.05) is 0 Å². The number of nitrogens with two attached hydrogens (primary N) is 1. The molecular weight excluding hydrogens is 276 g/mol. The summed E-state index contributed by atoms with van der Waals surface area (Å²) in [7, 11) is 0. The lowest BCUT2D eigenvalue weighted by molar-refractivity contribution is 0.292. The third kappa shape index (κ3) is 2.86. The lowest BCUT2D eigenvalue weighted by atomic mass is 10.2. The van der Waals surface area contributed by atoms with E-state index in [9.17, 15) is 4.39 Å². The minimum Gasteiger partial charge on any atom is -0.484 e. The molecule has 0 saturated heterocycles. The Balaban J connectivity index is 2.14. The topological polar surface area (TPSA) is 35.2 Å². The number of benzene rings is 2. The van der Waals surface area contributed by atoms with Crippen LogP contribution < -0.4 is 10.5 Å². The van der Waals surface area contributed by atoms with Crippen molar-refractivity contribution in [3.63, 3.8) is 0 Å². The SMILES string of the molecule is Nc1cccc(F)c1OCc1ccc(Cl)c(Cl)c1. The maximum absolute atomic E-state index is 13.4. The summed E-state index contributed by atoms with van der Waals surface area (Å²) in [5.41, 5.74) is 6.67. The number of halogens is 3. The van der Waals surface area contributed by atoms with Crippen molar-refractivity contribution in [2.75, 3.05) is 5.73 Å². The van der Waals surface area contributed by atoms with Crippen molar-refractivity contribution in [3.8, 4) is 5.75 Å². The average Bonchev–Trinajstić information content (AvgIpc) is 2.33. The zero-order chi connectivity index (χ0) is 13.1. The molecule has 0 heterocycles. The van der Waals surface area contributed by atoms with Gasteiger partial charge in [-0.15, -0.1) is 0 Å². The van der Waals surface area contributed by atoms with E-state index in [1.165, 1.54) is 12.1 Å². The molecular formula is C13H10Cl2FNO. The zero-order valence-corrected chi connectivity index (χ0v) is 10.8. The number of ether oxygens (including phenoxy) is 1. The van der Waals surface area contributed by atoms with Crippen molar-refractivity contribution in [1.29, 1.82) is 0 Å². The molecule has 0 bridgehead atoms. The molecule has 0 aromatic heterocycles. The lowest BCUT2D eigenvalue weighted by Gasteiger charge is -2.10. The molecule has 2 N–H and O–H groups in total. The normalized spacial score (nSPS) is 10.4. The number of para-hydroxylation sites is 1. The summed E-state index contributed by atoms with van der Waals surface area (Å²) in [6, 6.07) is 9.48. The first-order chi connectivity index (χ1) is 8.58. The molecule has 0 atom stereocenters. The highest BCUT2D eigenvalue weighted by atomic mass is 35.5. The summed E-state index contributed by atoms with van der Waals surface area (Å²) in [5.74, 6) is -0.446. The van der Waals surface area contributed by atoms with E-state index in [0.29, 0.717) is 10.0 Å². The van der Waals surface area contributed by atoms with Crippen LogP contribution in [0.5, 0.6) is 5.75 Å². The minimum absolute atomic E-state index is 0.0450. The Labute approximate surface area is 114 Å². The van der Waals surface area contributed by atoms with Crippen LogP contribution in [0.15, 0.2) is 36.4 Å². The van der Waals surface area contributed by atoms with Gasteiger partial charge in [-0.2, -0.15) is 0 Å². The highest BCUT2D eigenvalue weighted by Gasteiger charge is 2.08. The molecule has 18 heavy (non-hydrogen) atoms. The summed E-state index contributed by atoms with van der Waals surface area (Å²) < 4.78 is 18.8. The van der Waals surface area contributed by atoms with Gasteiger partial charge in [0.1, 0.15) is 6.61 Å². The zero-order valence-electron chi connectivity index (χ0n) is 9.29. The van der Waals surface area contributed by atoms with Crippen LogP contribution >= 0.6 is 23.2 Å². The predicted molar refractivity (Wildman–Crippen MR) is 71.6 cm³/mol. The Morgan fingerprint density at radius 2 is 1.89 bits per heavy atom. The van der Waals surface area contributed by atoms with Crippen LogP contribution in [0.1, 0.15) is 5.56 Å². The Morgan fingerprint density at radius 1 is 1.11 bits per heavy atom. The maximum atomic E-state index is 13.4. The fraction of sp³-hybridized carbons (Fsp3) is 0.0769. The second-order valence-electron chi connectivity index (χ2n) is 3.70. The Hall–Kier alpha value is -1.45. The van der Waals surface area contributed by atoms with Gasteiger partial charge in [0, 0.05) is 0 Å². The number of hydrogen-bond acceptors (Lipinski definition) is 2. The quantitative estimate of drug-likeness (QED) is 0.854. The summed E-state index contributed by atoms with van der Waals surface area (Å²) in [6.45, 7) is 0.169. The minimum atomic E-state index is -0.491. The van der Waals surface area contributed by atoms with E-state index < -0.39 is 5.82 Å². The Morgan fingerprint density at radius 3 is 2.56 bits per heavy atom. The standard InChI is InChI=1S/C13H10Cl2FNO/c14-9-5-4-8(6-10(9)15)7-18-13-11(16)2-1-3-12(13)17/h1-6H,7,17H2. The van der Waals surface area contributed by atoms with Crippen LogP contribution in [-0.2, 0) is 6.61 Å². The van der Waals surface area contributed by atoms with E-state index in [4.69, 9.17) is 33.7 Å². The lowest BCUT2D eigenvalue weighted by Crippen LogP contribution is -2.00. The number of nitrogen functional groups attached to an aromatic ring is 1.